The van der Waals surface area contributed by atoms with Gasteiger partial charge in [0.1, 0.15) is 11.5 Å². The zero-order valence-corrected chi connectivity index (χ0v) is 19.6. The molecule has 0 aromatic heterocycles. The van der Waals surface area contributed by atoms with E-state index in [0.29, 0.717) is 24.3 Å². The molecule has 3 rings (SSSR count). The van der Waals surface area contributed by atoms with E-state index in [0.717, 1.165) is 24.0 Å². The Hall–Kier alpha value is -2.48. The minimum atomic E-state index is -0.119. The van der Waals surface area contributed by atoms with E-state index in [1.165, 1.54) is 68.9 Å². The molecule has 2 N–H and O–H groups in total. The van der Waals surface area contributed by atoms with Crippen molar-refractivity contribution in [1.82, 2.24) is 0 Å². The van der Waals surface area contributed by atoms with E-state index in [4.69, 9.17) is 0 Å². The first kappa shape index (κ1) is 24.2. The summed E-state index contributed by atoms with van der Waals surface area (Å²) in [4.78, 5) is 0. The lowest BCUT2D eigenvalue weighted by Crippen LogP contribution is -2.28. The molecule has 1 saturated carbocycles. The molecular weight excluding hydrogens is 392 g/mol. The highest BCUT2D eigenvalue weighted by atomic mass is 16.3. The third kappa shape index (κ3) is 5.85. The summed E-state index contributed by atoms with van der Waals surface area (Å²) in [6, 6.07) is 12.3. The van der Waals surface area contributed by atoms with Gasteiger partial charge in [-0.05, 0) is 60.1 Å². The molecule has 2 aromatic carbocycles. The van der Waals surface area contributed by atoms with Crippen LogP contribution in [0.5, 0.6) is 11.5 Å². The van der Waals surface area contributed by atoms with Gasteiger partial charge in [-0.3, -0.25) is 0 Å². The Kier molecular flexibility index (Phi) is 9.02. The number of allylic oxidation sites excluding steroid dienone is 2. The third-order valence-electron chi connectivity index (χ3n) is 7.20. The highest BCUT2D eigenvalue weighted by Gasteiger charge is 2.34. The molecule has 32 heavy (non-hydrogen) atoms. The number of hydrogen-bond acceptors (Lipinski definition) is 2. The van der Waals surface area contributed by atoms with Crippen LogP contribution in [0, 0.1) is 0 Å². The highest BCUT2D eigenvalue weighted by Crippen LogP contribution is 2.44. The van der Waals surface area contributed by atoms with Gasteiger partial charge < -0.3 is 10.2 Å². The molecule has 0 heterocycles. The Morgan fingerprint density at radius 2 is 1.00 bits per heavy atom. The number of phenols is 2. The van der Waals surface area contributed by atoms with Gasteiger partial charge in [-0.2, -0.15) is 0 Å². The Bertz CT molecular complexity index is 822. The van der Waals surface area contributed by atoms with Crippen LogP contribution in [-0.2, 0) is 18.3 Å². The summed E-state index contributed by atoms with van der Waals surface area (Å²) in [5.41, 5.74) is 4.31. The van der Waals surface area contributed by atoms with Crippen molar-refractivity contribution in [2.75, 3.05) is 0 Å². The molecule has 0 aliphatic heterocycles. The van der Waals surface area contributed by atoms with Crippen molar-refractivity contribution in [3.8, 4) is 11.5 Å². The first-order valence-corrected chi connectivity index (χ1v) is 12.5. The lowest BCUT2D eigenvalue weighted by molar-refractivity contribution is 0.381. The fraction of sp³-hybridized carbons (Fsp3) is 0.467. The largest absolute Gasteiger partial charge is 0.508 e. The van der Waals surface area contributed by atoms with E-state index in [-0.39, 0.29) is 5.41 Å². The second-order valence-electron chi connectivity index (χ2n) is 9.44. The first-order valence-electron chi connectivity index (χ1n) is 12.5. The zero-order valence-electron chi connectivity index (χ0n) is 19.6. The van der Waals surface area contributed by atoms with Gasteiger partial charge in [0.05, 0.1) is 0 Å². The summed E-state index contributed by atoms with van der Waals surface area (Å²) in [5.74, 6) is 0.685. The van der Waals surface area contributed by atoms with Gasteiger partial charge in [-0.1, -0.05) is 94.2 Å². The highest BCUT2D eigenvalue weighted by molar-refractivity contribution is 5.49. The van der Waals surface area contributed by atoms with Crippen LogP contribution in [0.3, 0.4) is 0 Å². The molecule has 0 atom stereocenters. The Balaban J connectivity index is 2.12. The predicted molar refractivity (Wildman–Crippen MR) is 136 cm³/mol. The van der Waals surface area contributed by atoms with E-state index in [1.54, 1.807) is 0 Å². The summed E-state index contributed by atoms with van der Waals surface area (Å²) in [7, 11) is 0. The van der Waals surface area contributed by atoms with Crippen LogP contribution in [0.1, 0.15) is 92.9 Å². The fourth-order valence-electron chi connectivity index (χ4n) is 5.36. The minimum Gasteiger partial charge on any atom is -0.508 e. The van der Waals surface area contributed by atoms with Crippen molar-refractivity contribution < 1.29 is 10.2 Å². The second-order valence-corrected chi connectivity index (χ2v) is 9.44. The van der Waals surface area contributed by atoms with Crippen LogP contribution < -0.4 is 0 Å². The summed E-state index contributed by atoms with van der Waals surface area (Å²) >= 11 is 0. The molecule has 2 aromatic rings. The monoisotopic (exact) mass is 432 g/mol. The number of aromatic hydroxyl groups is 2. The van der Waals surface area contributed by atoms with Gasteiger partial charge in [0.2, 0.25) is 0 Å². The third-order valence-corrected chi connectivity index (χ3v) is 7.20. The molecule has 1 fully saturated rings. The van der Waals surface area contributed by atoms with Crippen LogP contribution in [-0.4, -0.2) is 10.2 Å². The summed E-state index contributed by atoms with van der Waals surface area (Å²) < 4.78 is 0. The molecule has 2 nitrogen and oxygen atoms in total. The van der Waals surface area contributed by atoms with Gasteiger partial charge in [-0.15, -0.1) is 13.2 Å². The standard InChI is InChI=1S/C30H40O2/c1-3-14-24-22-26(16-18-28(24)31)30(27-17-19-29(32)25(23-27)15-4-2)20-12-10-8-6-5-7-9-11-13-21-30/h3-4,16-19,22-23,31-32H,1-2,5-15,20-21H2. The van der Waals surface area contributed by atoms with Crippen LogP contribution >= 0.6 is 0 Å². The van der Waals surface area contributed by atoms with Gasteiger partial charge in [0.15, 0.2) is 0 Å². The number of phenolic OH excluding ortho intramolecular Hbond substituents is 2. The Labute approximate surface area is 194 Å². The topological polar surface area (TPSA) is 40.5 Å². The molecule has 0 unspecified atom stereocenters. The predicted octanol–water partition coefficient (Wildman–Crippen LogP) is 8.15. The van der Waals surface area contributed by atoms with Crippen LogP contribution in [0.15, 0.2) is 61.7 Å². The second kappa shape index (κ2) is 11.9. The van der Waals surface area contributed by atoms with E-state index >= 15 is 0 Å². The maximum atomic E-state index is 10.4. The lowest BCUT2D eigenvalue weighted by atomic mass is 9.67. The van der Waals surface area contributed by atoms with Crippen molar-refractivity contribution in [3.05, 3.63) is 84.0 Å². The van der Waals surface area contributed by atoms with E-state index in [9.17, 15) is 10.2 Å². The summed E-state index contributed by atoms with van der Waals surface area (Å²) in [5, 5.41) is 20.9. The molecule has 0 amide bonds. The quantitative estimate of drug-likeness (QED) is 0.452. The van der Waals surface area contributed by atoms with Crippen molar-refractivity contribution >= 4 is 0 Å². The van der Waals surface area contributed by atoms with Crippen LogP contribution in [0.2, 0.25) is 0 Å². The van der Waals surface area contributed by atoms with Crippen molar-refractivity contribution in [3.63, 3.8) is 0 Å². The maximum absolute atomic E-state index is 10.4. The SMILES string of the molecule is C=CCc1cc(C2(c3ccc(O)c(CC=C)c3)CCCCCCCCCCC2)ccc1O. The Morgan fingerprint density at radius 3 is 1.38 bits per heavy atom. The first-order chi connectivity index (χ1) is 15.6. The Morgan fingerprint density at radius 1 is 0.625 bits per heavy atom. The van der Waals surface area contributed by atoms with Gasteiger partial charge >= 0.3 is 0 Å². The molecule has 172 valence electrons. The van der Waals surface area contributed by atoms with E-state index in [2.05, 4.69) is 37.4 Å². The van der Waals surface area contributed by atoms with Gasteiger partial charge in [-0.25, -0.2) is 0 Å². The molecular formula is C30H40O2. The smallest absolute Gasteiger partial charge is 0.119 e. The minimum absolute atomic E-state index is 0.119. The van der Waals surface area contributed by atoms with Crippen molar-refractivity contribution in [2.45, 2.75) is 88.9 Å². The molecule has 0 saturated heterocycles. The normalized spacial score (nSPS) is 17.6. The molecule has 0 radical (unpaired) electrons. The fourth-order valence-corrected chi connectivity index (χ4v) is 5.36. The zero-order chi connectivity index (χ0) is 22.8. The maximum Gasteiger partial charge on any atom is 0.119 e. The van der Waals surface area contributed by atoms with Gasteiger partial charge in [0, 0.05) is 5.41 Å². The van der Waals surface area contributed by atoms with E-state index < -0.39 is 0 Å². The van der Waals surface area contributed by atoms with Gasteiger partial charge in [0.25, 0.3) is 0 Å². The van der Waals surface area contributed by atoms with Crippen molar-refractivity contribution in [1.29, 1.82) is 0 Å². The lowest BCUT2D eigenvalue weighted by Gasteiger charge is -2.37. The number of hydrogen-bond donors (Lipinski definition) is 2. The van der Waals surface area contributed by atoms with Crippen LogP contribution in [0.4, 0.5) is 0 Å². The molecule has 0 bridgehead atoms. The van der Waals surface area contributed by atoms with Crippen LogP contribution in [0.25, 0.3) is 0 Å². The molecule has 0 spiro atoms. The molecule has 2 heteroatoms. The average Bonchev–Trinajstić information content (AvgIpc) is 2.78. The molecule has 1 aliphatic carbocycles. The average molecular weight is 433 g/mol. The number of rotatable bonds is 6. The van der Waals surface area contributed by atoms with E-state index in [1.807, 2.05) is 24.3 Å². The van der Waals surface area contributed by atoms with Crippen molar-refractivity contribution in [2.24, 2.45) is 0 Å². The summed E-state index contributed by atoms with van der Waals surface area (Å²) in [6.45, 7) is 7.76. The molecule has 1 aliphatic rings. The number of benzene rings is 2. The summed E-state index contributed by atoms with van der Waals surface area (Å²) in [6.07, 6.45) is 18.8.